The second-order valence-corrected chi connectivity index (χ2v) is 8.10. The fraction of sp³-hybridized carbons (Fsp3) is 0.0417. The number of non-ortho nitro benzene ring substituents is 1. The Morgan fingerprint density at radius 2 is 1.82 bits per heavy atom. The number of carbonyl (C=O) groups excluding carboxylic acids is 2. The molecule has 1 N–H and O–H groups in total. The van der Waals surface area contributed by atoms with Crippen molar-refractivity contribution in [2.75, 3.05) is 0 Å². The quantitative estimate of drug-likeness (QED) is 0.174. The monoisotopic (exact) mass is 504 g/mol. The summed E-state index contributed by atoms with van der Waals surface area (Å²) in [6.07, 6.45) is 3.23. The Balaban J connectivity index is 1.69. The van der Waals surface area contributed by atoms with E-state index >= 15 is 0 Å². The molecule has 1 amide bonds. The summed E-state index contributed by atoms with van der Waals surface area (Å²) in [5.41, 5.74) is 5.38. The van der Waals surface area contributed by atoms with E-state index in [1.54, 1.807) is 53.9 Å². The van der Waals surface area contributed by atoms with Gasteiger partial charge in [0.05, 0.1) is 22.3 Å². The molecule has 2 aromatic carbocycles. The molecule has 4 aromatic rings. The normalized spacial score (nSPS) is 11.1. The predicted molar refractivity (Wildman–Crippen MR) is 128 cm³/mol. The Morgan fingerprint density at radius 1 is 1.06 bits per heavy atom. The van der Waals surface area contributed by atoms with E-state index in [9.17, 15) is 19.7 Å². The maximum absolute atomic E-state index is 13.3. The van der Waals surface area contributed by atoms with E-state index in [2.05, 4.69) is 26.5 Å². The number of rotatable bonds is 6. The minimum atomic E-state index is -0.536. The molecule has 0 spiro atoms. The van der Waals surface area contributed by atoms with Gasteiger partial charge in [0.25, 0.3) is 11.6 Å². The van der Waals surface area contributed by atoms with Gasteiger partial charge in [-0.3, -0.25) is 19.7 Å². The lowest BCUT2D eigenvalue weighted by Crippen LogP contribution is -2.17. The highest BCUT2D eigenvalue weighted by molar-refractivity contribution is 9.10. The molecule has 0 unspecified atom stereocenters. The topological polar surface area (TPSA) is 106 Å². The Labute approximate surface area is 196 Å². The van der Waals surface area contributed by atoms with Gasteiger partial charge in [0.2, 0.25) is 5.78 Å². The van der Waals surface area contributed by atoms with Gasteiger partial charge in [-0.1, -0.05) is 34.1 Å². The highest BCUT2D eigenvalue weighted by Gasteiger charge is 2.22. The summed E-state index contributed by atoms with van der Waals surface area (Å²) >= 11 is 3.33. The molecule has 0 fully saturated rings. The molecule has 9 heteroatoms. The summed E-state index contributed by atoms with van der Waals surface area (Å²) in [4.78, 5) is 36.2. The van der Waals surface area contributed by atoms with Crippen LogP contribution < -0.4 is 5.43 Å². The number of nitrogens with zero attached hydrogens (tertiary/aromatic N) is 3. The Bertz CT molecular complexity index is 1420. The highest BCUT2D eigenvalue weighted by Crippen LogP contribution is 2.25. The molecule has 2 aromatic heterocycles. The first-order chi connectivity index (χ1) is 15.9. The summed E-state index contributed by atoms with van der Waals surface area (Å²) in [7, 11) is 0. The predicted octanol–water partition coefficient (Wildman–Crippen LogP) is 4.91. The van der Waals surface area contributed by atoms with Crippen LogP contribution in [0.5, 0.6) is 0 Å². The minimum absolute atomic E-state index is 0.156. The maximum atomic E-state index is 13.3. The molecule has 4 rings (SSSR count). The van der Waals surface area contributed by atoms with Crippen LogP contribution in [0.3, 0.4) is 0 Å². The SMILES string of the molecule is Cc1c(/C=N\NC(=O)c2ccc(Br)cc2)c2ccccn2c1C(=O)c1cccc([N+](=O)[O-])c1. The van der Waals surface area contributed by atoms with E-state index in [-0.39, 0.29) is 22.9 Å². The number of nitro benzene ring substituents is 1. The van der Waals surface area contributed by atoms with E-state index in [0.717, 1.165) is 4.47 Å². The van der Waals surface area contributed by atoms with E-state index in [4.69, 9.17) is 0 Å². The second kappa shape index (κ2) is 9.17. The van der Waals surface area contributed by atoms with Crippen molar-refractivity contribution in [1.82, 2.24) is 9.83 Å². The molecule has 8 nitrogen and oxygen atoms in total. The van der Waals surface area contributed by atoms with Gasteiger partial charge in [0.15, 0.2) is 0 Å². The van der Waals surface area contributed by atoms with Crippen molar-refractivity contribution in [3.05, 3.63) is 115 Å². The Morgan fingerprint density at radius 3 is 2.55 bits per heavy atom. The van der Waals surface area contributed by atoms with Gasteiger partial charge in [-0.15, -0.1) is 0 Å². The smallest absolute Gasteiger partial charge is 0.271 e. The number of halogens is 1. The van der Waals surface area contributed by atoms with Crippen LogP contribution in [0.15, 0.2) is 82.5 Å². The lowest BCUT2D eigenvalue weighted by Gasteiger charge is -2.04. The van der Waals surface area contributed by atoms with E-state index in [0.29, 0.717) is 27.9 Å². The number of hydrogen-bond acceptors (Lipinski definition) is 5. The third-order valence-electron chi connectivity index (χ3n) is 5.14. The first-order valence-corrected chi connectivity index (χ1v) is 10.6. The standard InChI is InChI=1S/C24H17BrN4O4/c1-15-20(14-26-27-24(31)16-8-10-18(25)11-9-16)21-7-2-3-12-28(21)22(15)23(30)17-5-4-6-19(13-17)29(32)33/h2-14H,1H3,(H,27,31)/b26-14-. The van der Waals surface area contributed by atoms with Crippen molar-refractivity contribution in [2.45, 2.75) is 6.92 Å². The number of fused-ring (bicyclic) bond motifs is 1. The van der Waals surface area contributed by atoms with E-state index in [1.165, 1.54) is 24.4 Å². The fourth-order valence-electron chi connectivity index (χ4n) is 3.52. The van der Waals surface area contributed by atoms with Crippen LogP contribution in [0.2, 0.25) is 0 Å². The van der Waals surface area contributed by atoms with Crippen molar-refractivity contribution in [3.63, 3.8) is 0 Å². The van der Waals surface area contributed by atoms with E-state index in [1.807, 2.05) is 12.1 Å². The molecular formula is C24H17BrN4O4. The first-order valence-electron chi connectivity index (χ1n) is 9.84. The average molecular weight is 505 g/mol. The van der Waals surface area contributed by atoms with Crippen molar-refractivity contribution in [1.29, 1.82) is 0 Å². The molecule has 0 aliphatic heterocycles. The number of nitro groups is 1. The lowest BCUT2D eigenvalue weighted by atomic mass is 10.0. The summed E-state index contributed by atoms with van der Waals surface area (Å²) in [6, 6.07) is 17.9. The molecule has 0 radical (unpaired) electrons. The zero-order valence-electron chi connectivity index (χ0n) is 17.4. The number of pyridine rings is 1. The molecular weight excluding hydrogens is 488 g/mol. The number of ketones is 1. The van der Waals surface area contributed by atoms with Crippen molar-refractivity contribution < 1.29 is 14.5 Å². The zero-order chi connectivity index (χ0) is 23.5. The largest absolute Gasteiger partial charge is 0.313 e. The number of hydrogen-bond donors (Lipinski definition) is 1. The first kappa shape index (κ1) is 22.1. The number of benzene rings is 2. The van der Waals surface area contributed by atoms with Crippen molar-refractivity contribution in [2.24, 2.45) is 5.10 Å². The van der Waals surface area contributed by atoms with Crippen LogP contribution in [0.1, 0.15) is 37.5 Å². The molecule has 164 valence electrons. The fourth-order valence-corrected chi connectivity index (χ4v) is 3.78. The van der Waals surface area contributed by atoms with Gasteiger partial charge in [-0.2, -0.15) is 5.10 Å². The van der Waals surface area contributed by atoms with Gasteiger partial charge in [-0.25, -0.2) is 5.43 Å². The van der Waals surface area contributed by atoms with Crippen LogP contribution in [-0.2, 0) is 0 Å². The highest BCUT2D eigenvalue weighted by atomic mass is 79.9. The Hall–Kier alpha value is -4.11. The van der Waals surface area contributed by atoms with Gasteiger partial charge in [0.1, 0.15) is 0 Å². The van der Waals surface area contributed by atoms with Gasteiger partial charge < -0.3 is 4.40 Å². The third kappa shape index (κ3) is 4.44. The van der Waals surface area contributed by atoms with Crippen LogP contribution in [0, 0.1) is 17.0 Å². The summed E-state index contributed by atoms with van der Waals surface area (Å²) < 4.78 is 2.58. The number of hydrazone groups is 1. The van der Waals surface area contributed by atoms with Gasteiger partial charge in [-0.05, 0) is 48.9 Å². The molecule has 0 aliphatic carbocycles. The molecule has 0 atom stereocenters. The van der Waals surface area contributed by atoms with Crippen LogP contribution in [0.25, 0.3) is 5.52 Å². The molecule has 2 heterocycles. The molecule has 33 heavy (non-hydrogen) atoms. The molecule has 0 saturated carbocycles. The summed E-state index contributed by atoms with van der Waals surface area (Å²) in [5, 5.41) is 15.2. The van der Waals surface area contributed by atoms with Crippen LogP contribution in [0.4, 0.5) is 5.69 Å². The van der Waals surface area contributed by atoms with Crippen LogP contribution >= 0.6 is 15.9 Å². The van der Waals surface area contributed by atoms with Gasteiger partial charge in [0, 0.05) is 39.5 Å². The summed E-state index contributed by atoms with van der Waals surface area (Å²) in [6.45, 7) is 1.77. The number of carbonyl (C=O) groups is 2. The zero-order valence-corrected chi connectivity index (χ0v) is 18.9. The lowest BCUT2D eigenvalue weighted by molar-refractivity contribution is -0.384. The number of nitrogens with one attached hydrogen (secondary N) is 1. The minimum Gasteiger partial charge on any atom is -0.313 e. The van der Waals surface area contributed by atoms with E-state index < -0.39 is 4.92 Å². The third-order valence-corrected chi connectivity index (χ3v) is 5.67. The van der Waals surface area contributed by atoms with Crippen LogP contribution in [-0.4, -0.2) is 27.2 Å². The summed E-state index contributed by atoms with van der Waals surface area (Å²) in [5.74, 6) is -0.719. The van der Waals surface area contributed by atoms with Crippen molar-refractivity contribution >= 4 is 45.0 Å². The number of amides is 1. The Kier molecular flexibility index (Phi) is 6.14. The number of aromatic nitrogens is 1. The second-order valence-electron chi connectivity index (χ2n) is 7.19. The van der Waals surface area contributed by atoms with Gasteiger partial charge >= 0.3 is 0 Å². The molecule has 0 aliphatic rings. The molecule has 0 bridgehead atoms. The average Bonchev–Trinajstić information content (AvgIpc) is 3.10. The maximum Gasteiger partial charge on any atom is 0.271 e. The van der Waals surface area contributed by atoms with Crippen molar-refractivity contribution in [3.8, 4) is 0 Å². The molecule has 0 saturated heterocycles.